The number of hydrogen-bond acceptors (Lipinski definition) is 9. The molecule has 2 amide bonds. The molecule has 194 valence electrons. The van der Waals surface area contributed by atoms with Crippen molar-refractivity contribution in [1.29, 1.82) is 0 Å². The number of alkyl halides is 1. The lowest BCUT2D eigenvalue weighted by atomic mass is 10.1. The highest BCUT2D eigenvalue weighted by atomic mass is 79.9. The van der Waals surface area contributed by atoms with Gasteiger partial charge in [0.2, 0.25) is 11.8 Å². The standard InChI is InChI=1S/C21H39BrN2O9/c1-21(2,18-25)24-19(26)3-5-28-7-9-30-11-13-32-15-16-33-14-12-31-10-8-29-6-4-23-20(27)17-22/h18H,3-17H2,1-2H3,(H,23,27)(H,24,26). The maximum absolute atomic E-state index is 11.6. The quantitative estimate of drug-likeness (QED) is 0.0988. The third kappa shape index (κ3) is 23.8. The molecule has 0 heterocycles. The molecular formula is C21H39BrN2O9. The van der Waals surface area contributed by atoms with E-state index in [0.717, 1.165) is 0 Å². The van der Waals surface area contributed by atoms with Gasteiger partial charge in [-0.05, 0) is 13.8 Å². The van der Waals surface area contributed by atoms with Crippen LogP contribution in [0.3, 0.4) is 0 Å². The van der Waals surface area contributed by atoms with Crippen LogP contribution in [0.5, 0.6) is 0 Å². The highest BCUT2D eigenvalue weighted by molar-refractivity contribution is 9.09. The van der Waals surface area contributed by atoms with Crippen molar-refractivity contribution >= 4 is 34.0 Å². The van der Waals surface area contributed by atoms with Crippen LogP contribution < -0.4 is 10.6 Å². The van der Waals surface area contributed by atoms with E-state index in [2.05, 4.69) is 26.6 Å². The second-order valence-electron chi connectivity index (χ2n) is 7.30. The molecule has 0 radical (unpaired) electrons. The average Bonchev–Trinajstić information content (AvgIpc) is 2.79. The maximum Gasteiger partial charge on any atom is 0.230 e. The Labute approximate surface area is 204 Å². The van der Waals surface area contributed by atoms with Gasteiger partial charge in [-0.15, -0.1) is 0 Å². The van der Waals surface area contributed by atoms with E-state index in [9.17, 15) is 14.4 Å². The molecule has 0 saturated carbocycles. The van der Waals surface area contributed by atoms with Gasteiger partial charge in [-0.1, -0.05) is 15.9 Å². The van der Waals surface area contributed by atoms with Crippen molar-refractivity contribution in [2.45, 2.75) is 25.8 Å². The number of carbonyl (C=O) groups excluding carboxylic acids is 3. The summed E-state index contributed by atoms with van der Waals surface area (Å²) in [5.74, 6) is -0.292. The largest absolute Gasteiger partial charge is 0.379 e. The summed E-state index contributed by atoms with van der Waals surface area (Å²) in [7, 11) is 0. The van der Waals surface area contributed by atoms with Crippen molar-refractivity contribution in [3.63, 3.8) is 0 Å². The first kappa shape index (κ1) is 31.9. The minimum absolute atomic E-state index is 0.0640. The van der Waals surface area contributed by atoms with Crippen molar-refractivity contribution in [3.05, 3.63) is 0 Å². The first-order valence-electron chi connectivity index (χ1n) is 11.0. The van der Waals surface area contributed by atoms with E-state index in [4.69, 9.17) is 28.4 Å². The van der Waals surface area contributed by atoms with Crippen molar-refractivity contribution in [3.8, 4) is 0 Å². The highest BCUT2D eigenvalue weighted by Crippen LogP contribution is 1.97. The Kier molecular flexibility index (Phi) is 21.8. The zero-order valence-electron chi connectivity index (χ0n) is 19.7. The van der Waals surface area contributed by atoms with Crippen molar-refractivity contribution in [2.75, 3.05) is 91.2 Å². The molecule has 0 fully saturated rings. The van der Waals surface area contributed by atoms with Crippen LogP contribution in [0.15, 0.2) is 0 Å². The molecule has 0 bridgehead atoms. The predicted octanol–water partition coefficient (Wildman–Crippen LogP) is 0.0809. The molecule has 0 aliphatic carbocycles. The molecule has 0 aliphatic rings. The summed E-state index contributed by atoms with van der Waals surface area (Å²) in [5.41, 5.74) is -0.857. The van der Waals surface area contributed by atoms with Gasteiger partial charge >= 0.3 is 0 Å². The lowest BCUT2D eigenvalue weighted by Gasteiger charge is -2.18. The minimum atomic E-state index is -0.857. The van der Waals surface area contributed by atoms with Crippen molar-refractivity contribution < 1.29 is 42.8 Å². The summed E-state index contributed by atoms with van der Waals surface area (Å²) < 4.78 is 32.2. The van der Waals surface area contributed by atoms with Gasteiger partial charge in [0, 0.05) is 13.0 Å². The van der Waals surface area contributed by atoms with E-state index in [1.165, 1.54) is 0 Å². The Balaban J connectivity index is 3.18. The van der Waals surface area contributed by atoms with Gasteiger partial charge in [0.25, 0.3) is 0 Å². The number of ether oxygens (including phenoxy) is 6. The zero-order valence-corrected chi connectivity index (χ0v) is 21.3. The Morgan fingerprint density at radius 1 is 0.697 bits per heavy atom. The van der Waals surface area contributed by atoms with E-state index in [0.29, 0.717) is 90.8 Å². The number of amides is 2. The third-order valence-corrected chi connectivity index (χ3v) is 4.29. The van der Waals surface area contributed by atoms with Crippen LogP contribution in [0.4, 0.5) is 0 Å². The van der Waals surface area contributed by atoms with Gasteiger partial charge < -0.3 is 43.8 Å². The first-order valence-corrected chi connectivity index (χ1v) is 12.1. The van der Waals surface area contributed by atoms with E-state index in [1.54, 1.807) is 13.8 Å². The Morgan fingerprint density at radius 2 is 1.09 bits per heavy atom. The molecule has 2 N–H and O–H groups in total. The molecule has 0 rings (SSSR count). The molecule has 0 spiro atoms. The van der Waals surface area contributed by atoms with Gasteiger partial charge in [-0.3, -0.25) is 9.59 Å². The Hall–Kier alpha value is -1.15. The lowest BCUT2D eigenvalue weighted by molar-refractivity contribution is -0.126. The molecule has 0 saturated heterocycles. The highest BCUT2D eigenvalue weighted by Gasteiger charge is 2.18. The fourth-order valence-electron chi connectivity index (χ4n) is 2.13. The van der Waals surface area contributed by atoms with Crippen LogP contribution in [0.2, 0.25) is 0 Å². The summed E-state index contributed by atoms with van der Waals surface area (Å²) in [6.07, 6.45) is 0.888. The molecule has 0 aromatic rings. The van der Waals surface area contributed by atoms with Gasteiger partial charge in [0.15, 0.2) is 0 Å². The zero-order chi connectivity index (χ0) is 24.6. The monoisotopic (exact) mass is 542 g/mol. The maximum atomic E-state index is 11.6. The van der Waals surface area contributed by atoms with Gasteiger partial charge in [-0.2, -0.15) is 0 Å². The molecule has 11 nitrogen and oxygen atoms in total. The second kappa shape index (κ2) is 22.6. The molecule has 0 unspecified atom stereocenters. The SMILES string of the molecule is CC(C)(C=O)NC(=O)CCOCCOCCOCCOCCOCCOCCNC(=O)CBr. The number of rotatable bonds is 24. The van der Waals surface area contributed by atoms with E-state index in [1.807, 2.05) is 0 Å². The molecule has 0 aromatic carbocycles. The summed E-state index contributed by atoms with van der Waals surface area (Å²) in [4.78, 5) is 33.3. The third-order valence-electron chi connectivity index (χ3n) is 3.78. The summed E-state index contributed by atoms with van der Waals surface area (Å²) >= 11 is 3.06. The normalized spacial score (nSPS) is 11.4. The molecule has 0 aliphatic heterocycles. The van der Waals surface area contributed by atoms with Crippen molar-refractivity contribution in [2.24, 2.45) is 0 Å². The molecule has 33 heavy (non-hydrogen) atoms. The lowest BCUT2D eigenvalue weighted by Crippen LogP contribution is -2.44. The van der Waals surface area contributed by atoms with Crippen LogP contribution in [-0.2, 0) is 42.8 Å². The average molecular weight is 543 g/mol. The van der Waals surface area contributed by atoms with Crippen LogP contribution in [0, 0.1) is 0 Å². The minimum Gasteiger partial charge on any atom is -0.379 e. The van der Waals surface area contributed by atoms with Gasteiger partial charge in [0.05, 0.1) is 90.2 Å². The second-order valence-corrected chi connectivity index (χ2v) is 7.86. The number of hydrogen-bond donors (Lipinski definition) is 2. The summed E-state index contributed by atoms with van der Waals surface area (Å²) in [6.45, 7) is 8.99. The summed E-state index contributed by atoms with van der Waals surface area (Å²) in [6, 6.07) is 0. The smallest absolute Gasteiger partial charge is 0.230 e. The van der Waals surface area contributed by atoms with Crippen LogP contribution in [-0.4, -0.2) is 115 Å². The molecule has 0 aromatic heterocycles. The van der Waals surface area contributed by atoms with E-state index in [-0.39, 0.29) is 24.8 Å². The fourth-order valence-corrected chi connectivity index (χ4v) is 2.33. The molecule has 12 heteroatoms. The van der Waals surface area contributed by atoms with Crippen LogP contribution in [0.25, 0.3) is 0 Å². The number of carbonyl (C=O) groups is 3. The molecular weight excluding hydrogens is 504 g/mol. The summed E-state index contributed by atoms with van der Waals surface area (Å²) in [5, 5.41) is 5.58. The fraction of sp³-hybridized carbons (Fsp3) is 0.857. The van der Waals surface area contributed by atoms with E-state index < -0.39 is 5.54 Å². The first-order chi connectivity index (χ1) is 15.9. The predicted molar refractivity (Wildman–Crippen MR) is 125 cm³/mol. The Morgan fingerprint density at radius 3 is 1.48 bits per heavy atom. The van der Waals surface area contributed by atoms with Crippen LogP contribution in [0.1, 0.15) is 20.3 Å². The topological polar surface area (TPSA) is 131 Å². The molecule has 0 atom stereocenters. The van der Waals surface area contributed by atoms with Gasteiger partial charge in [0.1, 0.15) is 6.29 Å². The number of nitrogens with one attached hydrogen (secondary N) is 2. The van der Waals surface area contributed by atoms with Gasteiger partial charge in [-0.25, -0.2) is 0 Å². The Bertz CT molecular complexity index is 510. The number of halogens is 1. The van der Waals surface area contributed by atoms with Crippen molar-refractivity contribution in [1.82, 2.24) is 10.6 Å². The van der Waals surface area contributed by atoms with E-state index >= 15 is 0 Å². The number of aldehydes is 1. The van der Waals surface area contributed by atoms with Crippen LogP contribution >= 0.6 is 15.9 Å².